The van der Waals surface area contributed by atoms with Gasteiger partial charge in [-0.3, -0.25) is 9.59 Å². The lowest BCUT2D eigenvalue weighted by Crippen LogP contribution is -2.13. The van der Waals surface area contributed by atoms with Crippen LogP contribution in [0.25, 0.3) is 6.08 Å². The molecule has 0 spiro atoms. The fourth-order valence-corrected chi connectivity index (χ4v) is 2.40. The molecule has 2 rings (SSSR count). The molecule has 0 heterocycles. The predicted molar refractivity (Wildman–Crippen MR) is 93.6 cm³/mol. The van der Waals surface area contributed by atoms with Gasteiger partial charge in [-0.25, -0.2) is 0 Å². The summed E-state index contributed by atoms with van der Waals surface area (Å²) in [4.78, 5) is 23.3. The summed E-state index contributed by atoms with van der Waals surface area (Å²) in [6.07, 6.45) is 1.34. The summed E-state index contributed by atoms with van der Waals surface area (Å²) in [5.41, 5.74) is 6.21. The molecule has 0 atom stereocenters. The Morgan fingerprint density at radius 2 is 1.92 bits per heavy atom. The first-order valence-electron chi connectivity index (χ1n) is 6.69. The van der Waals surface area contributed by atoms with Crippen LogP contribution in [-0.2, 0) is 4.79 Å². The molecule has 0 aromatic heterocycles. The molecular formula is C17H11Cl2N3O2. The lowest BCUT2D eigenvalue weighted by Gasteiger charge is -2.08. The van der Waals surface area contributed by atoms with E-state index in [1.54, 1.807) is 36.4 Å². The number of primary amides is 1. The molecule has 0 bridgehead atoms. The summed E-state index contributed by atoms with van der Waals surface area (Å²) in [6.45, 7) is 0. The highest BCUT2D eigenvalue weighted by Crippen LogP contribution is 2.22. The van der Waals surface area contributed by atoms with E-state index in [2.05, 4.69) is 5.32 Å². The Morgan fingerprint density at radius 3 is 2.54 bits per heavy atom. The Morgan fingerprint density at radius 1 is 1.17 bits per heavy atom. The first-order chi connectivity index (χ1) is 11.4. The van der Waals surface area contributed by atoms with Crippen LogP contribution in [0.4, 0.5) is 5.69 Å². The number of nitriles is 1. The van der Waals surface area contributed by atoms with Gasteiger partial charge in [-0.05, 0) is 42.0 Å². The zero-order valence-corrected chi connectivity index (χ0v) is 13.7. The van der Waals surface area contributed by atoms with E-state index in [1.807, 2.05) is 0 Å². The Kier molecular flexibility index (Phi) is 5.59. The van der Waals surface area contributed by atoms with E-state index in [4.69, 9.17) is 34.2 Å². The highest BCUT2D eigenvalue weighted by atomic mass is 35.5. The number of carbonyl (C=O) groups excluding carboxylic acids is 2. The Bertz CT molecular complexity index is 886. The third-order valence-electron chi connectivity index (χ3n) is 3.02. The van der Waals surface area contributed by atoms with Gasteiger partial charge in [0.1, 0.15) is 11.6 Å². The lowest BCUT2D eigenvalue weighted by molar-refractivity contribution is -0.114. The number of rotatable bonds is 4. The van der Waals surface area contributed by atoms with Crippen molar-refractivity contribution in [3.8, 4) is 6.07 Å². The van der Waals surface area contributed by atoms with E-state index in [9.17, 15) is 9.59 Å². The van der Waals surface area contributed by atoms with Crippen molar-refractivity contribution in [2.75, 3.05) is 5.32 Å². The fraction of sp³-hybridized carbons (Fsp3) is 0. The molecule has 0 aliphatic rings. The largest absolute Gasteiger partial charge is 0.365 e. The number of nitrogens with two attached hydrogens (primary N) is 1. The fourth-order valence-electron chi connectivity index (χ4n) is 1.90. The van der Waals surface area contributed by atoms with Crippen molar-refractivity contribution in [1.82, 2.24) is 0 Å². The highest BCUT2D eigenvalue weighted by Gasteiger charge is 2.11. The third-order valence-corrected chi connectivity index (χ3v) is 3.56. The summed E-state index contributed by atoms with van der Waals surface area (Å²) < 4.78 is 0. The van der Waals surface area contributed by atoms with Gasteiger partial charge >= 0.3 is 0 Å². The topological polar surface area (TPSA) is 96.0 Å². The van der Waals surface area contributed by atoms with Crippen molar-refractivity contribution in [2.24, 2.45) is 5.73 Å². The number of nitrogens with zero attached hydrogens (tertiary/aromatic N) is 1. The van der Waals surface area contributed by atoms with Crippen molar-refractivity contribution in [2.45, 2.75) is 0 Å². The minimum Gasteiger partial charge on any atom is -0.365 e. The molecule has 0 aliphatic carbocycles. The van der Waals surface area contributed by atoms with E-state index >= 15 is 0 Å². The van der Waals surface area contributed by atoms with Crippen LogP contribution >= 0.6 is 23.2 Å². The standard InChI is InChI=1S/C17H11Cl2N3O2/c18-12-4-5-14(15(19)8-12)17(24)22-13-3-1-2-10(7-13)6-11(9-20)16(21)23/h1-8H,(H2,21,23)(H,22,24)/b11-6+. The SMILES string of the molecule is N#C/C(=C\c1cccc(NC(=O)c2ccc(Cl)cc2Cl)c1)C(N)=O. The molecule has 3 N–H and O–H groups in total. The minimum absolute atomic E-state index is 0.181. The van der Waals surface area contributed by atoms with Crippen molar-refractivity contribution < 1.29 is 9.59 Å². The highest BCUT2D eigenvalue weighted by molar-refractivity contribution is 6.37. The van der Waals surface area contributed by atoms with Crippen molar-refractivity contribution in [1.29, 1.82) is 5.26 Å². The molecule has 2 aromatic rings. The number of benzene rings is 2. The van der Waals surface area contributed by atoms with Gasteiger partial charge in [-0.1, -0.05) is 35.3 Å². The van der Waals surface area contributed by atoms with Gasteiger partial charge in [0.2, 0.25) is 0 Å². The van der Waals surface area contributed by atoms with Crippen molar-refractivity contribution in [3.05, 3.63) is 69.2 Å². The van der Waals surface area contributed by atoms with Crippen LogP contribution < -0.4 is 11.1 Å². The van der Waals surface area contributed by atoms with Gasteiger partial charge in [0.25, 0.3) is 11.8 Å². The number of nitrogens with one attached hydrogen (secondary N) is 1. The third kappa shape index (κ3) is 4.35. The van der Waals surface area contributed by atoms with Crippen LogP contribution in [0.5, 0.6) is 0 Å². The summed E-state index contributed by atoms with van der Waals surface area (Å²) in [7, 11) is 0. The van der Waals surface area contributed by atoms with E-state index in [0.29, 0.717) is 16.3 Å². The second-order valence-electron chi connectivity index (χ2n) is 4.74. The minimum atomic E-state index is -0.820. The summed E-state index contributed by atoms with van der Waals surface area (Å²) in [5.74, 6) is -1.23. The summed E-state index contributed by atoms with van der Waals surface area (Å²) in [5, 5.41) is 12.2. The van der Waals surface area contributed by atoms with Crippen LogP contribution in [0, 0.1) is 11.3 Å². The Balaban J connectivity index is 2.25. The monoisotopic (exact) mass is 359 g/mol. The second-order valence-corrected chi connectivity index (χ2v) is 5.58. The zero-order valence-electron chi connectivity index (χ0n) is 12.2. The van der Waals surface area contributed by atoms with E-state index in [1.165, 1.54) is 18.2 Å². The van der Waals surface area contributed by atoms with Gasteiger partial charge in [-0.2, -0.15) is 5.26 Å². The molecule has 5 nitrogen and oxygen atoms in total. The van der Waals surface area contributed by atoms with Gasteiger partial charge in [-0.15, -0.1) is 0 Å². The molecule has 7 heteroatoms. The number of halogens is 2. The van der Waals surface area contributed by atoms with Gasteiger partial charge in [0, 0.05) is 10.7 Å². The molecule has 24 heavy (non-hydrogen) atoms. The maximum atomic E-state index is 12.3. The van der Waals surface area contributed by atoms with Crippen LogP contribution in [0.2, 0.25) is 10.0 Å². The molecule has 2 amide bonds. The maximum absolute atomic E-state index is 12.3. The first kappa shape index (κ1) is 17.5. The average molecular weight is 360 g/mol. The van der Waals surface area contributed by atoms with Crippen LogP contribution in [0.15, 0.2) is 48.0 Å². The van der Waals surface area contributed by atoms with Crippen LogP contribution in [-0.4, -0.2) is 11.8 Å². The molecule has 0 unspecified atom stereocenters. The molecule has 2 aromatic carbocycles. The molecule has 120 valence electrons. The van der Waals surface area contributed by atoms with Crippen LogP contribution in [0.1, 0.15) is 15.9 Å². The molecule has 0 fully saturated rings. The summed E-state index contributed by atoms with van der Waals surface area (Å²) >= 11 is 11.8. The van der Waals surface area contributed by atoms with E-state index in [-0.39, 0.29) is 16.2 Å². The summed E-state index contributed by atoms with van der Waals surface area (Å²) in [6, 6.07) is 12.9. The second kappa shape index (κ2) is 7.64. The lowest BCUT2D eigenvalue weighted by atomic mass is 10.1. The van der Waals surface area contributed by atoms with Gasteiger partial charge < -0.3 is 11.1 Å². The van der Waals surface area contributed by atoms with Crippen molar-refractivity contribution >= 4 is 46.8 Å². The predicted octanol–water partition coefficient (Wildman–Crippen LogP) is 3.64. The van der Waals surface area contributed by atoms with Gasteiger partial charge in [0.05, 0.1) is 10.6 Å². The van der Waals surface area contributed by atoms with E-state index < -0.39 is 11.8 Å². The molecule has 0 radical (unpaired) electrons. The number of carbonyl (C=O) groups is 2. The molecule has 0 saturated carbocycles. The number of amides is 2. The van der Waals surface area contributed by atoms with Crippen molar-refractivity contribution in [3.63, 3.8) is 0 Å². The Labute approximate surface area is 148 Å². The zero-order chi connectivity index (χ0) is 17.7. The Hall–Kier alpha value is -2.81. The number of anilines is 1. The molecule has 0 aliphatic heterocycles. The normalized spacial score (nSPS) is 10.8. The number of hydrogen-bond acceptors (Lipinski definition) is 3. The number of hydrogen-bond donors (Lipinski definition) is 2. The van der Waals surface area contributed by atoms with Crippen LogP contribution in [0.3, 0.4) is 0 Å². The van der Waals surface area contributed by atoms with Gasteiger partial charge in [0.15, 0.2) is 0 Å². The molecule has 0 saturated heterocycles. The maximum Gasteiger partial charge on any atom is 0.259 e. The molecular weight excluding hydrogens is 349 g/mol. The smallest absolute Gasteiger partial charge is 0.259 e. The average Bonchev–Trinajstić information content (AvgIpc) is 2.52. The quantitative estimate of drug-likeness (QED) is 0.644. The first-order valence-corrected chi connectivity index (χ1v) is 7.44. The van der Waals surface area contributed by atoms with E-state index in [0.717, 1.165) is 0 Å².